The SMILES string of the molecule is CCC(CO)CN(C)CCc1cc[nH]c1. The Morgan fingerprint density at radius 3 is 2.87 bits per heavy atom. The Hall–Kier alpha value is -0.800. The Morgan fingerprint density at radius 2 is 2.33 bits per heavy atom. The molecule has 0 aliphatic carbocycles. The van der Waals surface area contributed by atoms with Gasteiger partial charge in [-0.25, -0.2) is 0 Å². The van der Waals surface area contributed by atoms with Crippen molar-refractivity contribution in [3.63, 3.8) is 0 Å². The minimum Gasteiger partial charge on any atom is -0.396 e. The smallest absolute Gasteiger partial charge is 0.0471 e. The number of likely N-dealkylation sites (N-methyl/N-ethyl adjacent to an activating group) is 1. The molecule has 0 aromatic carbocycles. The molecule has 2 N–H and O–H groups in total. The summed E-state index contributed by atoms with van der Waals surface area (Å²) in [6.07, 6.45) is 6.11. The minimum atomic E-state index is 0.297. The predicted molar refractivity (Wildman–Crippen MR) is 62.9 cm³/mol. The van der Waals surface area contributed by atoms with E-state index >= 15 is 0 Å². The van der Waals surface area contributed by atoms with Crippen molar-refractivity contribution >= 4 is 0 Å². The Kier molecular flexibility index (Phi) is 5.43. The van der Waals surface area contributed by atoms with Crippen LogP contribution in [0, 0.1) is 5.92 Å². The molecule has 3 heteroatoms. The quantitative estimate of drug-likeness (QED) is 0.716. The first-order valence-electron chi connectivity index (χ1n) is 5.67. The van der Waals surface area contributed by atoms with Gasteiger partial charge in [-0.15, -0.1) is 0 Å². The first kappa shape index (κ1) is 12.3. The highest BCUT2D eigenvalue weighted by Gasteiger charge is 2.08. The predicted octanol–water partition coefficient (Wildman–Crippen LogP) is 1.51. The average molecular weight is 210 g/mol. The number of hydrogen-bond acceptors (Lipinski definition) is 2. The largest absolute Gasteiger partial charge is 0.396 e. The summed E-state index contributed by atoms with van der Waals surface area (Å²) in [7, 11) is 2.12. The molecule has 1 aromatic rings. The molecule has 0 radical (unpaired) electrons. The van der Waals surface area contributed by atoms with Gasteiger partial charge in [0.05, 0.1) is 0 Å². The van der Waals surface area contributed by atoms with Gasteiger partial charge in [0, 0.05) is 32.1 Å². The average Bonchev–Trinajstić information content (AvgIpc) is 2.75. The Labute approximate surface area is 92.1 Å². The number of nitrogens with zero attached hydrogens (tertiary/aromatic N) is 1. The lowest BCUT2D eigenvalue weighted by Crippen LogP contribution is -2.29. The standard InChI is InChI=1S/C12H22N2O/c1-3-11(10-15)9-14(2)7-5-12-4-6-13-8-12/h4,6,8,11,13,15H,3,5,7,9-10H2,1-2H3. The molecule has 86 valence electrons. The van der Waals surface area contributed by atoms with Crippen LogP contribution >= 0.6 is 0 Å². The third kappa shape index (κ3) is 4.49. The van der Waals surface area contributed by atoms with Gasteiger partial charge >= 0.3 is 0 Å². The molecule has 0 aliphatic heterocycles. The number of aromatic amines is 1. The fourth-order valence-corrected chi connectivity index (χ4v) is 1.68. The van der Waals surface area contributed by atoms with Gasteiger partial charge in [0.25, 0.3) is 0 Å². The van der Waals surface area contributed by atoms with Gasteiger partial charge in [-0.1, -0.05) is 6.92 Å². The van der Waals surface area contributed by atoms with Gasteiger partial charge in [-0.2, -0.15) is 0 Å². The summed E-state index contributed by atoms with van der Waals surface area (Å²) >= 11 is 0. The van der Waals surface area contributed by atoms with Crippen molar-refractivity contribution in [3.05, 3.63) is 24.0 Å². The van der Waals surface area contributed by atoms with Crippen molar-refractivity contribution in [2.45, 2.75) is 19.8 Å². The van der Waals surface area contributed by atoms with Crippen molar-refractivity contribution < 1.29 is 5.11 Å². The topological polar surface area (TPSA) is 39.3 Å². The minimum absolute atomic E-state index is 0.297. The molecule has 0 spiro atoms. The van der Waals surface area contributed by atoms with Crippen LogP contribution in [-0.2, 0) is 6.42 Å². The molecule has 1 rings (SSSR count). The van der Waals surface area contributed by atoms with Crippen LogP contribution in [0.15, 0.2) is 18.5 Å². The van der Waals surface area contributed by atoms with Crippen LogP contribution in [0.1, 0.15) is 18.9 Å². The van der Waals surface area contributed by atoms with E-state index in [0.717, 1.165) is 25.9 Å². The fraction of sp³-hybridized carbons (Fsp3) is 0.667. The van der Waals surface area contributed by atoms with E-state index in [1.807, 2.05) is 12.4 Å². The number of aliphatic hydroxyl groups is 1. The summed E-state index contributed by atoms with van der Waals surface area (Å²) in [5, 5.41) is 9.10. The second-order valence-electron chi connectivity index (χ2n) is 4.19. The highest BCUT2D eigenvalue weighted by atomic mass is 16.3. The number of hydrogen-bond donors (Lipinski definition) is 2. The van der Waals surface area contributed by atoms with E-state index in [4.69, 9.17) is 5.11 Å². The molecule has 0 bridgehead atoms. The van der Waals surface area contributed by atoms with Crippen molar-refractivity contribution in [2.75, 3.05) is 26.7 Å². The van der Waals surface area contributed by atoms with E-state index in [0.29, 0.717) is 12.5 Å². The number of rotatable bonds is 7. The molecular weight excluding hydrogens is 188 g/mol. The van der Waals surface area contributed by atoms with E-state index in [1.54, 1.807) is 0 Å². The van der Waals surface area contributed by atoms with Gasteiger partial charge in [-0.3, -0.25) is 0 Å². The van der Waals surface area contributed by atoms with Crippen LogP contribution in [0.25, 0.3) is 0 Å². The van der Waals surface area contributed by atoms with Crippen LogP contribution in [0.4, 0.5) is 0 Å². The molecule has 1 heterocycles. The summed E-state index contributed by atoms with van der Waals surface area (Å²) in [4.78, 5) is 5.35. The maximum Gasteiger partial charge on any atom is 0.0471 e. The number of H-pyrrole nitrogens is 1. The van der Waals surface area contributed by atoms with E-state index in [-0.39, 0.29) is 0 Å². The first-order chi connectivity index (χ1) is 7.26. The van der Waals surface area contributed by atoms with Crippen LogP contribution < -0.4 is 0 Å². The molecule has 0 aliphatic rings. The first-order valence-corrected chi connectivity index (χ1v) is 5.67. The number of aromatic nitrogens is 1. The normalized spacial score (nSPS) is 13.3. The van der Waals surface area contributed by atoms with Crippen molar-refractivity contribution in [1.82, 2.24) is 9.88 Å². The summed E-state index contributed by atoms with van der Waals surface area (Å²) < 4.78 is 0. The lowest BCUT2D eigenvalue weighted by atomic mass is 10.1. The van der Waals surface area contributed by atoms with Crippen molar-refractivity contribution in [1.29, 1.82) is 0 Å². The molecule has 1 unspecified atom stereocenters. The van der Waals surface area contributed by atoms with Gasteiger partial charge < -0.3 is 15.0 Å². The van der Waals surface area contributed by atoms with Crippen LogP contribution in [0.2, 0.25) is 0 Å². The summed E-state index contributed by atoms with van der Waals surface area (Å²) in [5.74, 6) is 0.418. The molecule has 0 saturated heterocycles. The van der Waals surface area contributed by atoms with E-state index in [2.05, 4.69) is 29.9 Å². The molecule has 0 amide bonds. The Bertz CT molecular complexity index is 242. The van der Waals surface area contributed by atoms with E-state index in [9.17, 15) is 0 Å². The maximum atomic E-state index is 9.10. The second kappa shape index (κ2) is 6.64. The van der Waals surface area contributed by atoms with Gasteiger partial charge in [0.1, 0.15) is 0 Å². The number of nitrogens with one attached hydrogen (secondary N) is 1. The number of aliphatic hydroxyl groups excluding tert-OH is 1. The monoisotopic (exact) mass is 210 g/mol. The fourth-order valence-electron chi connectivity index (χ4n) is 1.68. The maximum absolute atomic E-state index is 9.10. The van der Waals surface area contributed by atoms with Crippen molar-refractivity contribution in [3.8, 4) is 0 Å². The molecule has 1 atom stereocenters. The highest BCUT2D eigenvalue weighted by Crippen LogP contribution is 2.05. The van der Waals surface area contributed by atoms with Crippen LogP contribution in [0.5, 0.6) is 0 Å². The zero-order chi connectivity index (χ0) is 11.1. The van der Waals surface area contributed by atoms with Gasteiger partial charge in [0.2, 0.25) is 0 Å². The molecule has 15 heavy (non-hydrogen) atoms. The molecule has 0 saturated carbocycles. The van der Waals surface area contributed by atoms with Crippen LogP contribution in [-0.4, -0.2) is 41.7 Å². The third-order valence-corrected chi connectivity index (χ3v) is 2.85. The zero-order valence-corrected chi connectivity index (χ0v) is 9.74. The van der Waals surface area contributed by atoms with Gasteiger partial charge in [-0.05, 0) is 37.4 Å². The summed E-state index contributed by atoms with van der Waals surface area (Å²) in [6.45, 7) is 4.46. The third-order valence-electron chi connectivity index (χ3n) is 2.85. The highest BCUT2D eigenvalue weighted by molar-refractivity contribution is 5.08. The van der Waals surface area contributed by atoms with E-state index < -0.39 is 0 Å². The summed E-state index contributed by atoms with van der Waals surface area (Å²) in [5.41, 5.74) is 1.35. The molecular formula is C12H22N2O. The lowest BCUT2D eigenvalue weighted by Gasteiger charge is -2.21. The molecule has 1 aromatic heterocycles. The summed E-state index contributed by atoms with van der Waals surface area (Å²) in [6, 6.07) is 2.11. The van der Waals surface area contributed by atoms with E-state index in [1.165, 1.54) is 5.56 Å². The lowest BCUT2D eigenvalue weighted by molar-refractivity contribution is 0.177. The molecule has 0 fully saturated rings. The second-order valence-corrected chi connectivity index (χ2v) is 4.19. The van der Waals surface area contributed by atoms with Crippen LogP contribution in [0.3, 0.4) is 0 Å². The zero-order valence-electron chi connectivity index (χ0n) is 9.74. The molecule has 3 nitrogen and oxygen atoms in total. The van der Waals surface area contributed by atoms with Gasteiger partial charge in [0.15, 0.2) is 0 Å². The Balaban J connectivity index is 2.21. The Morgan fingerprint density at radius 1 is 1.53 bits per heavy atom. The van der Waals surface area contributed by atoms with Crippen molar-refractivity contribution in [2.24, 2.45) is 5.92 Å².